The highest BCUT2D eigenvalue weighted by atomic mass is 16.5. The molecule has 0 aliphatic heterocycles. The zero-order valence-corrected chi connectivity index (χ0v) is 12.8. The highest BCUT2D eigenvalue weighted by molar-refractivity contribution is 5.73. The normalized spacial score (nSPS) is 10.5. The van der Waals surface area contributed by atoms with Gasteiger partial charge >= 0.3 is 0 Å². The Hall–Kier alpha value is -1.58. The lowest BCUT2D eigenvalue weighted by Gasteiger charge is -2.15. The van der Waals surface area contributed by atoms with Crippen LogP contribution >= 0.6 is 0 Å². The van der Waals surface area contributed by atoms with Crippen LogP contribution in [-0.2, 0) is 0 Å². The van der Waals surface area contributed by atoms with Crippen molar-refractivity contribution in [1.82, 2.24) is 0 Å². The SMILES string of the molecule is CCCCCOc1ccc(N)c(OCCCCC)c1N. The number of ether oxygens (including phenoxy) is 2. The number of benzene rings is 1. The molecule has 0 fully saturated rings. The minimum atomic E-state index is 0.512. The molecule has 0 aliphatic rings. The molecule has 1 aromatic carbocycles. The first-order valence-corrected chi connectivity index (χ1v) is 7.64. The van der Waals surface area contributed by atoms with Gasteiger partial charge in [-0.25, -0.2) is 0 Å². The molecule has 0 spiro atoms. The second-order valence-electron chi connectivity index (χ2n) is 5.01. The minimum Gasteiger partial charge on any atom is -0.491 e. The Bertz CT molecular complexity index is 394. The summed E-state index contributed by atoms with van der Waals surface area (Å²) in [6, 6.07) is 3.61. The molecule has 1 aromatic rings. The van der Waals surface area contributed by atoms with Crippen molar-refractivity contribution in [2.45, 2.75) is 52.4 Å². The standard InChI is InChI=1S/C16H28N2O2/c1-3-5-7-11-19-14-10-9-13(17)16(15(14)18)20-12-8-6-4-2/h9-10H,3-8,11-12,17-18H2,1-2H3. The van der Waals surface area contributed by atoms with Gasteiger partial charge < -0.3 is 20.9 Å². The molecule has 0 unspecified atom stereocenters. The van der Waals surface area contributed by atoms with E-state index in [1.54, 1.807) is 6.07 Å². The molecule has 0 aliphatic carbocycles. The summed E-state index contributed by atoms with van der Waals surface area (Å²) in [5, 5.41) is 0. The first-order chi connectivity index (χ1) is 9.70. The Labute approximate surface area is 122 Å². The van der Waals surface area contributed by atoms with Crippen molar-refractivity contribution < 1.29 is 9.47 Å². The van der Waals surface area contributed by atoms with Crippen LogP contribution in [0.15, 0.2) is 12.1 Å². The van der Waals surface area contributed by atoms with E-state index in [0.717, 1.165) is 32.1 Å². The molecule has 4 N–H and O–H groups in total. The lowest BCUT2D eigenvalue weighted by Crippen LogP contribution is -2.06. The maximum atomic E-state index is 6.08. The largest absolute Gasteiger partial charge is 0.491 e. The number of rotatable bonds is 10. The van der Waals surface area contributed by atoms with Gasteiger partial charge in [0, 0.05) is 0 Å². The van der Waals surface area contributed by atoms with Crippen molar-refractivity contribution in [3.8, 4) is 11.5 Å². The Kier molecular flexibility index (Phi) is 7.70. The Balaban J connectivity index is 2.59. The third kappa shape index (κ3) is 5.19. The van der Waals surface area contributed by atoms with Crippen LogP contribution in [0, 0.1) is 0 Å². The fraction of sp³-hybridized carbons (Fsp3) is 0.625. The second-order valence-corrected chi connectivity index (χ2v) is 5.01. The summed E-state index contributed by atoms with van der Waals surface area (Å²) in [7, 11) is 0. The van der Waals surface area contributed by atoms with E-state index in [-0.39, 0.29) is 0 Å². The highest BCUT2D eigenvalue weighted by Crippen LogP contribution is 2.37. The average Bonchev–Trinajstić information content (AvgIpc) is 2.44. The molecule has 20 heavy (non-hydrogen) atoms. The first-order valence-electron chi connectivity index (χ1n) is 7.64. The van der Waals surface area contributed by atoms with Gasteiger partial charge in [-0.3, -0.25) is 0 Å². The Morgan fingerprint density at radius 2 is 1.45 bits per heavy atom. The third-order valence-electron chi connectivity index (χ3n) is 3.19. The molecule has 0 saturated heterocycles. The van der Waals surface area contributed by atoms with Crippen LogP contribution in [0.2, 0.25) is 0 Å². The summed E-state index contributed by atoms with van der Waals surface area (Å²) in [6.45, 7) is 5.64. The van der Waals surface area contributed by atoms with Crippen LogP contribution in [0.1, 0.15) is 52.4 Å². The molecule has 114 valence electrons. The van der Waals surface area contributed by atoms with E-state index >= 15 is 0 Å². The van der Waals surface area contributed by atoms with Gasteiger partial charge in [0.1, 0.15) is 11.4 Å². The van der Waals surface area contributed by atoms with Crippen LogP contribution in [0.25, 0.3) is 0 Å². The zero-order valence-electron chi connectivity index (χ0n) is 12.8. The van der Waals surface area contributed by atoms with E-state index in [4.69, 9.17) is 20.9 Å². The van der Waals surface area contributed by atoms with Crippen LogP contribution in [0.4, 0.5) is 11.4 Å². The molecule has 0 aromatic heterocycles. The van der Waals surface area contributed by atoms with E-state index < -0.39 is 0 Å². The summed E-state index contributed by atoms with van der Waals surface area (Å²) in [5.74, 6) is 1.23. The van der Waals surface area contributed by atoms with Crippen molar-refractivity contribution in [1.29, 1.82) is 0 Å². The molecule has 0 bridgehead atoms. The Morgan fingerprint density at radius 1 is 0.850 bits per heavy atom. The number of unbranched alkanes of at least 4 members (excludes halogenated alkanes) is 4. The van der Waals surface area contributed by atoms with Gasteiger partial charge in [-0.15, -0.1) is 0 Å². The van der Waals surface area contributed by atoms with Crippen LogP contribution in [0.3, 0.4) is 0 Å². The molecule has 4 heteroatoms. The van der Waals surface area contributed by atoms with Gasteiger partial charge in [0.25, 0.3) is 0 Å². The minimum absolute atomic E-state index is 0.512. The first kappa shape index (κ1) is 16.5. The van der Waals surface area contributed by atoms with E-state index in [9.17, 15) is 0 Å². The van der Waals surface area contributed by atoms with Gasteiger partial charge in [-0.05, 0) is 25.0 Å². The summed E-state index contributed by atoms with van der Waals surface area (Å²) in [6.07, 6.45) is 6.69. The molecular weight excluding hydrogens is 252 g/mol. The van der Waals surface area contributed by atoms with Crippen molar-refractivity contribution in [2.24, 2.45) is 0 Å². The van der Waals surface area contributed by atoms with Gasteiger partial charge in [0.2, 0.25) is 0 Å². The van der Waals surface area contributed by atoms with E-state index in [0.29, 0.717) is 36.1 Å². The van der Waals surface area contributed by atoms with Crippen molar-refractivity contribution >= 4 is 11.4 Å². The van der Waals surface area contributed by atoms with Gasteiger partial charge in [-0.2, -0.15) is 0 Å². The van der Waals surface area contributed by atoms with Gasteiger partial charge in [0.05, 0.1) is 18.9 Å². The molecule has 0 radical (unpaired) electrons. The molecule has 4 nitrogen and oxygen atoms in total. The zero-order chi connectivity index (χ0) is 14.8. The average molecular weight is 280 g/mol. The maximum absolute atomic E-state index is 6.08. The summed E-state index contributed by atoms with van der Waals surface area (Å²) < 4.78 is 11.4. The smallest absolute Gasteiger partial charge is 0.168 e. The predicted molar refractivity (Wildman–Crippen MR) is 85.3 cm³/mol. The molecule has 0 atom stereocenters. The van der Waals surface area contributed by atoms with Crippen molar-refractivity contribution in [3.63, 3.8) is 0 Å². The number of hydrogen-bond acceptors (Lipinski definition) is 4. The van der Waals surface area contributed by atoms with E-state index in [2.05, 4.69) is 13.8 Å². The predicted octanol–water partition coefficient (Wildman–Crippen LogP) is 3.99. The van der Waals surface area contributed by atoms with E-state index in [1.165, 1.54) is 6.42 Å². The monoisotopic (exact) mass is 280 g/mol. The summed E-state index contributed by atoms with van der Waals surface area (Å²) in [4.78, 5) is 0. The molecule has 0 heterocycles. The van der Waals surface area contributed by atoms with Crippen molar-refractivity contribution in [3.05, 3.63) is 12.1 Å². The fourth-order valence-corrected chi connectivity index (χ4v) is 1.95. The van der Waals surface area contributed by atoms with Gasteiger partial charge in [-0.1, -0.05) is 39.5 Å². The van der Waals surface area contributed by atoms with E-state index in [1.807, 2.05) is 6.07 Å². The summed E-state index contributed by atoms with van der Waals surface area (Å²) >= 11 is 0. The third-order valence-corrected chi connectivity index (χ3v) is 3.19. The number of nitrogen functional groups attached to an aromatic ring is 2. The Morgan fingerprint density at radius 3 is 2.05 bits per heavy atom. The fourth-order valence-electron chi connectivity index (χ4n) is 1.95. The number of hydrogen-bond donors (Lipinski definition) is 2. The van der Waals surface area contributed by atoms with Gasteiger partial charge in [0.15, 0.2) is 5.75 Å². The number of anilines is 2. The van der Waals surface area contributed by atoms with Crippen LogP contribution in [-0.4, -0.2) is 13.2 Å². The van der Waals surface area contributed by atoms with Crippen LogP contribution in [0.5, 0.6) is 11.5 Å². The molecular formula is C16H28N2O2. The van der Waals surface area contributed by atoms with Crippen LogP contribution < -0.4 is 20.9 Å². The van der Waals surface area contributed by atoms with Crippen molar-refractivity contribution in [2.75, 3.05) is 24.7 Å². The topological polar surface area (TPSA) is 70.5 Å². The maximum Gasteiger partial charge on any atom is 0.168 e. The molecule has 0 amide bonds. The molecule has 0 saturated carbocycles. The highest BCUT2D eigenvalue weighted by Gasteiger charge is 2.11. The number of nitrogens with two attached hydrogens (primary N) is 2. The lowest BCUT2D eigenvalue weighted by molar-refractivity contribution is 0.295. The summed E-state index contributed by atoms with van der Waals surface area (Å²) in [5.41, 5.74) is 13.1. The second kappa shape index (κ2) is 9.34. The quantitative estimate of drug-likeness (QED) is 0.502. The lowest BCUT2D eigenvalue weighted by atomic mass is 10.2. The molecule has 1 rings (SSSR count).